The predicted octanol–water partition coefficient (Wildman–Crippen LogP) is 4.70. The predicted molar refractivity (Wildman–Crippen MR) is 90.7 cm³/mol. The molecule has 0 heterocycles. The first-order valence-corrected chi connectivity index (χ1v) is 8.88. The summed E-state index contributed by atoms with van der Waals surface area (Å²) in [6.07, 6.45) is 2.80. The Morgan fingerprint density at radius 2 is 1.62 bits per heavy atom. The minimum absolute atomic E-state index is 0.0247. The van der Waals surface area contributed by atoms with E-state index < -0.39 is 23.1 Å². The Morgan fingerprint density at radius 1 is 1.00 bits per heavy atom. The zero-order chi connectivity index (χ0) is 18.4. The second kappa shape index (κ2) is 6.39. The first-order valence-electron chi connectivity index (χ1n) is 8.88. The highest BCUT2D eigenvalue weighted by Gasteiger charge is 2.60. The topological polar surface area (TPSA) is 29.5 Å². The van der Waals surface area contributed by atoms with E-state index >= 15 is 0 Å². The molecule has 0 aliphatic heterocycles. The quantitative estimate of drug-likeness (QED) is 0.782. The van der Waals surface area contributed by atoms with Gasteiger partial charge in [-0.25, -0.2) is 13.2 Å². The van der Waals surface area contributed by atoms with Crippen molar-refractivity contribution in [3.8, 4) is 0 Å². The molecule has 0 amide bonds. The second-order valence-corrected chi connectivity index (χ2v) is 7.91. The summed E-state index contributed by atoms with van der Waals surface area (Å²) in [6, 6.07) is 11.8. The number of aliphatic hydroxyl groups is 1. The zero-order valence-electron chi connectivity index (χ0n) is 14.4. The Hall–Kier alpha value is -1.85. The number of hydrogen-bond acceptors (Lipinski definition) is 2. The van der Waals surface area contributed by atoms with Gasteiger partial charge >= 0.3 is 0 Å². The molecule has 138 valence electrons. The van der Waals surface area contributed by atoms with Gasteiger partial charge in [-0.15, -0.1) is 0 Å². The van der Waals surface area contributed by atoms with Crippen molar-refractivity contribution in [2.45, 2.75) is 37.9 Å². The van der Waals surface area contributed by atoms with Crippen molar-refractivity contribution < 1.29 is 23.0 Å². The van der Waals surface area contributed by atoms with Crippen LogP contribution >= 0.6 is 0 Å². The summed E-state index contributed by atoms with van der Waals surface area (Å²) in [5.41, 5.74) is 0.0329. The van der Waals surface area contributed by atoms with Crippen LogP contribution in [0.3, 0.4) is 0 Å². The van der Waals surface area contributed by atoms with Crippen LogP contribution in [0.4, 0.5) is 13.2 Å². The lowest BCUT2D eigenvalue weighted by atomic mass is 9.45. The molecule has 2 aromatic rings. The smallest absolute Gasteiger partial charge is 0.194 e. The summed E-state index contributed by atoms with van der Waals surface area (Å²) in [5.74, 6) is -3.55. The van der Waals surface area contributed by atoms with Crippen molar-refractivity contribution in [3.05, 3.63) is 71.0 Å². The van der Waals surface area contributed by atoms with Gasteiger partial charge in [-0.3, -0.25) is 0 Å². The fraction of sp³-hybridized carbons (Fsp3) is 0.429. The molecule has 0 unspecified atom stereocenters. The van der Waals surface area contributed by atoms with E-state index in [2.05, 4.69) is 0 Å². The van der Waals surface area contributed by atoms with Crippen LogP contribution in [-0.2, 0) is 16.9 Å². The van der Waals surface area contributed by atoms with E-state index in [-0.39, 0.29) is 11.0 Å². The van der Waals surface area contributed by atoms with Crippen molar-refractivity contribution in [1.29, 1.82) is 0 Å². The van der Waals surface area contributed by atoms with E-state index in [0.29, 0.717) is 32.0 Å². The summed E-state index contributed by atoms with van der Waals surface area (Å²) in [5, 5.41) is 10.6. The van der Waals surface area contributed by atoms with Gasteiger partial charge in [0.25, 0.3) is 0 Å². The molecule has 2 saturated carbocycles. The minimum atomic E-state index is -1.49. The van der Waals surface area contributed by atoms with Gasteiger partial charge in [-0.05, 0) is 60.3 Å². The average molecular weight is 362 g/mol. The van der Waals surface area contributed by atoms with E-state index in [1.165, 1.54) is 0 Å². The molecule has 0 aromatic heterocycles. The highest BCUT2D eigenvalue weighted by Crippen LogP contribution is 2.65. The second-order valence-electron chi connectivity index (χ2n) is 7.91. The molecule has 26 heavy (non-hydrogen) atoms. The van der Waals surface area contributed by atoms with Gasteiger partial charge in [-0.1, -0.05) is 30.3 Å². The van der Waals surface area contributed by atoms with Crippen LogP contribution in [0.5, 0.6) is 0 Å². The van der Waals surface area contributed by atoms with Crippen molar-refractivity contribution in [1.82, 2.24) is 0 Å². The minimum Gasteiger partial charge on any atom is -0.385 e. The number of rotatable bonds is 5. The molecule has 4 rings (SSSR count). The fourth-order valence-corrected chi connectivity index (χ4v) is 4.71. The van der Waals surface area contributed by atoms with Gasteiger partial charge in [0.15, 0.2) is 17.5 Å². The van der Waals surface area contributed by atoms with Crippen LogP contribution < -0.4 is 0 Å². The maximum Gasteiger partial charge on any atom is 0.194 e. The number of ether oxygens (including phenoxy) is 1. The van der Waals surface area contributed by atoms with Crippen LogP contribution in [0, 0.1) is 28.8 Å². The third-order valence-electron chi connectivity index (χ3n) is 5.76. The molecule has 0 bridgehead atoms. The molecule has 2 nitrogen and oxygen atoms in total. The Bertz CT molecular complexity index is 769. The fourth-order valence-electron chi connectivity index (χ4n) is 4.71. The lowest BCUT2D eigenvalue weighted by Crippen LogP contribution is -2.56. The summed E-state index contributed by atoms with van der Waals surface area (Å²) >= 11 is 0. The third kappa shape index (κ3) is 3.14. The largest absolute Gasteiger partial charge is 0.385 e. The van der Waals surface area contributed by atoms with Crippen LogP contribution in [0.1, 0.15) is 36.8 Å². The van der Waals surface area contributed by atoms with E-state index in [1.807, 2.05) is 30.3 Å². The van der Waals surface area contributed by atoms with Crippen LogP contribution in [0.2, 0.25) is 0 Å². The maximum atomic E-state index is 13.4. The lowest BCUT2D eigenvalue weighted by molar-refractivity contribution is -0.195. The summed E-state index contributed by atoms with van der Waals surface area (Å²) < 4.78 is 45.7. The zero-order valence-corrected chi connectivity index (χ0v) is 14.4. The van der Waals surface area contributed by atoms with E-state index in [0.717, 1.165) is 30.5 Å². The molecule has 0 atom stereocenters. The van der Waals surface area contributed by atoms with Gasteiger partial charge in [0.05, 0.1) is 12.2 Å². The molecule has 2 aliphatic rings. The van der Waals surface area contributed by atoms with Gasteiger partial charge in [0.2, 0.25) is 0 Å². The molecule has 2 fully saturated rings. The van der Waals surface area contributed by atoms with E-state index in [9.17, 15) is 18.3 Å². The van der Waals surface area contributed by atoms with E-state index in [4.69, 9.17) is 4.74 Å². The summed E-state index contributed by atoms with van der Waals surface area (Å²) in [6.45, 7) is 1.26. The monoisotopic (exact) mass is 362 g/mol. The van der Waals surface area contributed by atoms with Crippen LogP contribution in [0.15, 0.2) is 42.5 Å². The summed E-state index contributed by atoms with van der Waals surface area (Å²) in [7, 11) is 0. The van der Waals surface area contributed by atoms with Gasteiger partial charge < -0.3 is 9.84 Å². The molecule has 2 aromatic carbocycles. The summed E-state index contributed by atoms with van der Waals surface area (Å²) in [4.78, 5) is 0. The van der Waals surface area contributed by atoms with Crippen molar-refractivity contribution in [2.24, 2.45) is 11.3 Å². The standard InChI is InChI=1S/C21H21F3O2/c22-17-6-16(7-18(23)19(17)24)21(25)12-20(13-21)8-15(9-20)11-26-10-14-4-2-1-3-5-14/h1-7,15,25H,8-13H2. The Labute approximate surface area is 150 Å². The molecular formula is C21H21F3O2. The SMILES string of the molecule is OC1(c2cc(F)c(F)c(F)c2)CC2(CC(COCc3ccccc3)C2)C1. The first kappa shape index (κ1) is 17.6. The lowest BCUT2D eigenvalue weighted by Gasteiger charge is -2.61. The van der Waals surface area contributed by atoms with Crippen LogP contribution in [-0.4, -0.2) is 11.7 Å². The number of benzene rings is 2. The highest BCUT2D eigenvalue weighted by molar-refractivity contribution is 5.30. The van der Waals surface area contributed by atoms with Gasteiger partial charge in [0, 0.05) is 6.61 Å². The third-order valence-corrected chi connectivity index (χ3v) is 5.76. The highest BCUT2D eigenvalue weighted by atomic mass is 19.2. The average Bonchev–Trinajstić information content (AvgIpc) is 2.56. The molecule has 1 N–H and O–H groups in total. The maximum absolute atomic E-state index is 13.4. The molecule has 1 spiro atoms. The Morgan fingerprint density at radius 3 is 2.23 bits per heavy atom. The molecule has 0 saturated heterocycles. The van der Waals surface area contributed by atoms with Crippen molar-refractivity contribution >= 4 is 0 Å². The van der Waals surface area contributed by atoms with Crippen molar-refractivity contribution in [3.63, 3.8) is 0 Å². The molecule has 0 radical (unpaired) electrons. The van der Waals surface area contributed by atoms with Gasteiger partial charge in [0.1, 0.15) is 0 Å². The van der Waals surface area contributed by atoms with Crippen molar-refractivity contribution in [2.75, 3.05) is 6.61 Å². The Kier molecular flexibility index (Phi) is 4.32. The number of halogens is 3. The first-order chi connectivity index (χ1) is 12.4. The molecule has 2 aliphatic carbocycles. The van der Waals surface area contributed by atoms with E-state index in [1.54, 1.807) is 0 Å². The normalized spacial score (nSPS) is 30.1. The number of hydrogen-bond donors (Lipinski definition) is 1. The Balaban J connectivity index is 1.28. The van der Waals surface area contributed by atoms with Crippen LogP contribution in [0.25, 0.3) is 0 Å². The molecule has 5 heteroatoms. The molecular weight excluding hydrogens is 341 g/mol. The van der Waals surface area contributed by atoms with Gasteiger partial charge in [-0.2, -0.15) is 0 Å².